The van der Waals surface area contributed by atoms with Gasteiger partial charge in [0.1, 0.15) is 29.1 Å². The molecule has 0 amide bonds. The summed E-state index contributed by atoms with van der Waals surface area (Å²) in [6.45, 7) is 9.45. The van der Waals surface area contributed by atoms with Crippen molar-refractivity contribution in [2.75, 3.05) is 0 Å². The Labute approximate surface area is 162 Å². The van der Waals surface area contributed by atoms with Crippen LogP contribution in [0.1, 0.15) is 31.9 Å². The van der Waals surface area contributed by atoms with Crippen LogP contribution in [0.2, 0.25) is 5.02 Å². The molecule has 0 atom stereocenters. The molecule has 3 aromatic rings. The van der Waals surface area contributed by atoms with Crippen LogP contribution in [-0.2, 0) is 21.6 Å². The number of fused-ring (bicyclic) bond motifs is 1. The van der Waals surface area contributed by atoms with Crippen LogP contribution in [0.4, 0.5) is 0 Å². The van der Waals surface area contributed by atoms with Gasteiger partial charge in [0.05, 0.1) is 0 Å². The summed E-state index contributed by atoms with van der Waals surface area (Å²) >= 11 is 6.02. The predicted octanol–water partition coefficient (Wildman–Crippen LogP) is 4.31. The molecule has 0 bridgehead atoms. The summed E-state index contributed by atoms with van der Waals surface area (Å²) in [5, 5.41) is 20.1. The van der Waals surface area contributed by atoms with Crippen molar-refractivity contribution in [3.05, 3.63) is 59.1 Å². The van der Waals surface area contributed by atoms with Crippen molar-refractivity contribution in [3.8, 4) is 11.4 Å². The predicted molar refractivity (Wildman–Crippen MR) is 104 cm³/mol. The van der Waals surface area contributed by atoms with E-state index in [2.05, 4.69) is 37.5 Å². The molecule has 0 unspecified atom stereocenters. The molecule has 27 heavy (non-hydrogen) atoms. The third-order valence-electron chi connectivity index (χ3n) is 4.13. The monoisotopic (exact) mass is 385 g/mol. The molecule has 140 valence electrons. The number of carbonyl (C=O) groups is 1. The van der Waals surface area contributed by atoms with Gasteiger partial charge in [0, 0.05) is 16.7 Å². The van der Waals surface area contributed by atoms with Gasteiger partial charge >= 0.3 is 5.97 Å². The second kappa shape index (κ2) is 7.04. The molecule has 2 aromatic carbocycles. The minimum Gasteiger partial charge on any atom is -0.505 e. The standard InChI is InChI=1S/C20H20ClN3O3/c1-5-18(25)27-11-12-8-13(20(2,3)4)9-17(19(12)26)24-22-15-7-6-14(21)10-16(15)23-24/h5-10,26H,1,11H2,2-4H3. The van der Waals surface area contributed by atoms with Gasteiger partial charge in [-0.2, -0.15) is 0 Å². The van der Waals surface area contributed by atoms with E-state index in [-0.39, 0.29) is 17.8 Å². The first kappa shape index (κ1) is 18.9. The van der Waals surface area contributed by atoms with Crippen molar-refractivity contribution < 1.29 is 14.6 Å². The Balaban J connectivity index is 2.14. The van der Waals surface area contributed by atoms with Crippen LogP contribution in [0, 0.1) is 0 Å². The number of aromatic hydroxyl groups is 1. The number of hydrogen-bond acceptors (Lipinski definition) is 5. The van der Waals surface area contributed by atoms with Crippen LogP contribution < -0.4 is 0 Å². The fraction of sp³-hybridized carbons (Fsp3) is 0.250. The number of esters is 1. The van der Waals surface area contributed by atoms with Crippen LogP contribution in [0.5, 0.6) is 5.75 Å². The zero-order valence-corrected chi connectivity index (χ0v) is 16.1. The Hall–Kier alpha value is -2.86. The number of halogens is 1. The summed E-state index contributed by atoms with van der Waals surface area (Å²) in [6.07, 6.45) is 1.08. The Kier molecular flexibility index (Phi) is 4.93. The van der Waals surface area contributed by atoms with Gasteiger partial charge in [-0.05, 0) is 41.3 Å². The van der Waals surface area contributed by atoms with Gasteiger partial charge in [0.25, 0.3) is 0 Å². The molecule has 0 aliphatic rings. The summed E-state index contributed by atoms with van der Waals surface area (Å²) in [7, 11) is 0. The highest BCUT2D eigenvalue weighted by Crippen LogP contribution is 2.34. The molecule has 1 heterocycles. The zero-order chi connectivity index (χ0) is 19.8. The van der Waals surface area contributed by atoms with E-state index >= 15 is 0 Å². The minimum absolute atomic E-state index is 0.0498. The van der Waals surface area contributed by atoms with Crippen molar-refractivity contribution in [1.82, 2.24) is 15.0 Å². The van der Waals surface area contributed by atoms with E-state index in [9.17, 15) is 9.90 Å². The van der Waals surface area contributed by atoms with Gasteiger partial charge in [-0.25, -0.2) is 4.79 Å². The van der Waals surface area contributed by atoms with Gasteiger partial charge in [0.2, 0.25) is 0 Å². The SMILES string of the molecule is C=CC(=O)OCc1cc(C(C)(C)C)cc(-n2nc3ccc(Cl)cc3n2)c1O. The van der Waals surface area contributed by atoms with Crippen LogP contribution in [0.25, 0.3) is 16.7 Å². The van der Waals surface area contributed by atoms with Crippen LogP contribution in [0.3, 0.4) is 0 Å². The van der Waals surface area contributed by atoms with Crippen molar-refractivity contribution in [1.29, 1.82) is 0 Å². The van der Waals surface area contributed by atoms with Crippen molar-refractivity contribution in [2.24, 2.45) is 0 Å². The van der Waals surface area contributed by atoms with Crippen molar-refractivity contribution in [3.63, 3.8) is 0 Å². The fourth-order valence-electron chi connectivity index (χ4n) is 2.58. The quantitative estimate of drug-likeness (QED) is 0.535. The topological polar surface area (TPSA) is 77.2 Å². The number of nitrogens with zero attached hydrogens (tertiary/aromatic N) is 3. The Bertz CT molecular complexity index is 1030. The molecule has 0 fully saturated rings. The average molecular weight is 386 g/mol. The highest BCUT2D eigenvalue weighted by molar-refractivity contribution is 6.31. The first-order chi connectivity index (χ1) is 12.7. The molecule has 0 radical (unpaired) electrons. The third kappa shape index (κ3) is 3.95. The summed E-state index contributed by atoms with van der Waals surface area (Å²) in [5.74, 6) is -0.610. The number of aromatic nitrogens is 3. The summed E-state index contributed by atoms with van der Waals surface area (Å²) < 4.78 is 5.11. The molecule has 3 rings (SSSR count). The van der Waals surface area contributed by atoms with Gasteiger partial charge in [-0.15, -0.1) is 15.0 Å². The summed E-state index contributed by atoms with van der Waals surface area (Å²) in [5.41, 5.74) is 2.88. The van der Waals surface area contributed by atoms with E-state index in [1.807, 2.05) is 12.1 Å². The second-order valence-corrected chi connectivity index (χ2v) is 7.62. The maximum absolute atomic E-state index is 11.4. The lowest BCUT2D eigenvalue weighted by Gasteiger charge is -2.22. The molecule has 0 aliphatic heterocycles. The largest absolute Gasteiger partial charge is 0.505 e. The van der Waals surface area contributed by atoms with Crippen LogP contribution in [-0.4, -0.2) is 26.1 Å². The number of rotatable bonds is 4. The lowest BCUT2D eigenvalue weighted by Crippen LogP contribution is -2.14. The maximum atomic E-state index is 11.4. The number of phenols is 1. The molecule has 1 N–H and O–H groups in total. The Morgan fingerprint density at radius 1 is 1.26 bits per heavy atom. The highest BCUT2D eigenvalue weighted by Gasteiger charge is 2.21. The van der Waals surface area contributed by atoms with Crippen LogP contribution >= 0.6 is 11.6 Å². The molecular formula is C20H20ClN3O3. The molecule has 0 saturated heterocycles. The first-order valence-corrected chi connectivity index (χ1v) is 8.75. The van der Waals surface area contributed by atoms with Gasteiger partial charge < -0.3 is 9.84 Å². The van der Waals surface area contributed by atoms with E-state index in [0.717, 1.165) is 11.6 Å². The lowest BCUT2D eigenvalue weighted by molar-refractivity contribution is -0.139. The van der Waals surface area contributed by atoms with Gasteiger partial charge in [-0.3, -0.25) is 0 Å². The normalized spacial score (nSPS) is 11.6. The van der Waals surface area contributed by atoms with Crippen molar-refractivity contribution >= 4 is 28.6 Å². The number of benzene rings is 2. The van der Waals surface area contributed by atoms with Crippen molar-refractivity contribution in [2.45, 2.75) is 32.8 Å². The van der Waals surface area contributed by atoms with Crippen LogP contribution in [0.15, 0.2) is 43.0 Å². The molecule has 0 aliphatic carbocycles. The molecule has 0 saturated carbocycles. The number of phenolic OH excluding ortho intramolecular Hbond substituents is 1. The molecule has 1 aromatic heterocycles. The molecule has 6 nitrogen and oxygen atoms in total. The van der Waals surface area contributed by atoms with E-state index in [1.54, 1.807) is 18.2 Å². The Morgan fingerprint density at radius 3 is 2.63 bits per heavy atom. The van der Waals surface area contributed by atoms with E-state index in [1.165, 1.54) is 4.80 Å². The highest BCUT2D eigenvalue weighted by atomic mass is 35.5. The molecule has 0 spiro atoms. The average Bonchev–Trinajstić information content (AvgIpc) is 3.02. The summed E-state index contributed by atoms with van der Waals surface area (Å²) in [6, 6.07) is 8.84. The third-order valence-corrected chi connectivity index (χ3v) is 4.36. The lowest BCUT2D eigenvalue weighted by atomic mass is 9.85. The van der Waals surface area contributed by atoms with Gasteiger partial charge in [0.15, 0.2) is 0 Å². The van der Waals surface area contributed by atoms with E-state index < -0.39 is 5.97 Å². The van der Waals surface area contributed by atoms with E-state index in [0.29, 0.717) is 27.3 Å². The number of ether oxygens (including phenoxy) is 1. The minimum atomic E-state index is -0.560. The molecule has 7 heteroatoms. The summed E-state index contributed by atoms with van der Waals surface area (Å²) in [4.78, 5) is 12.8. The van der Waals surface area contributed by atoms with E-state index in [4.69, 9.17) is 16.3 Å². The maximum Gasteiger partial charge on any atom is 0.330 e. The zero-order valence-electron chi connectivity index (χ0n) is 15.4. The second-order valence-electron chi connectivity index (χ2n) is 7.19. The number of hydrogen-bond donors (Lipinski definition) is 1. The molecular weight excluding hydrogens is 366 g/mol. The fourth-order valence-corrected chi connectivity index (χ4v) is 2.74. The first-order valence-electron chi connectivity index (χ1n) is 8.37. The number of carbonyl (C=O) groups excluding carboxylic acids is 1. The van der Waals surface area contributed by atoms with Gasteiger partial charge in [-0.1, -0.05) is 39.0 Å². The smallest absolute Gasteiger partial charge is 0.330 e. The Morgan fingerprint density at radius 2 is 1.96 bits per heavy atom.